The molecule has 0 spiro atoms. The monoisotopic (exact) mass is 191 g/mol. The summed E-state index contributed by atoms with van der Waals surface area (Å²) in [5.74, 6) is 0.387. The van der Waals surface area contributed by atoms with Crippen LogP contribution in [0.15, 0.2) is 18.2 Å². The summed E-state index contributed by atoms with van der Waals surface area (Å²) in [6, 6.07) is 7.89. The van der Waals surface area contributed by atoms with Gasteiger partial charge in [0.1, 0.15) is 11.8 Å². The molecule has 1 aliphatic heterocycles. The van der Waals surface area contributed by atoms with E-state index < -0.39 is 0 Å². The van der Waals surface area contributed by atoms with E-state index in [1.807, 2.05) is 6.07 Å². The van der Waals surface area contributed by atoms with E-state index in [4.69, 9.17) is 10.5 Å². The number of benzene rings is 1. The molecule has 4 heteroatoms. The van der Waals surface area contributed by atoms with Crippen LogP contribution in [0.25, 0.3) is 0 Å². The van der Waals surface area contributed by atoms with Gasteiger partial charge in [-0.1, -0.05) is 6.07 Å². The van der Waals surface area contributed by atoms with Gasteiger partial charge in [0, 0.05) is 6.42 Å². The highest BCUT2D eigenvalue weighted by atomic mass is 16.5. The van der Waals surface area contributed by atoms with Gasteiger partial charge in [-0.3, -0.25) is 4.79 Å². The van der Waals surface area contributed by atoms with Crippen molar-refractivity contribution >= 4 is 11.6 Å². The summed E-state index contributed by atoms with van der Waals surface area (Å²) < 4.78 is 5.44. The zero-order valence-corrected chi connectivity index (χ0v) is 7.62. The molecule has 1 aliphatic rings. The molecule has 73 valence electrons. The summed E-state index contributed by atoms with van der Waals surface area (Å²) in [4.78, 5) is 11.0. The largest absolute Gasteiger partial charge is 0.491 e. The van der Waals surface area contributed by atoms with E-state index in [9.17, 15) is 4.79 Å². The van der Waals surface area contributed by atoms with Gasteiger partial charge in [-0.05, 0) is 18.2 Å². The molecule has 0 bridgehead atoms. The smallest absolute Gasteiger partial charge is 0.240 e. The van der Waals surface area contributed by atoms with Crippen LogP contribution in [0.1, 0.15) is 6.42 Å². The fourth-order valence-corrected chi connectivity index (χ4v) is 1.41. The van der Waals surface area contributed by atoms with Crippen LogP contribution in [-0.4, -0.2) is 18.6 Å². The van der Waals surface area contributed by atoms with E-state index in [2.05, 4.69) is 11.4 Å². The third-order valence-electron chi connectivity index (χ3n) is 2.16. The van der Waals surface area contributed by atoms with Crippen LogP contribution in [0.3, 0.4) is 0 Å². The molecule has 0 aromatic heterocycles. The van der Waals surface area contributed by atoms with E-state index in [0.717, 1.165) is 11.4 Å². The molecular formula is C10H11N2O2. The number of carbonyl (C=O) groups excluding carboxylic acids is 1. The van der Waals surface area contributed by atoms with Gasteiger partial charge in [0.25, 0.3) is 0 Å². The van der Waals surface area contributed by atoms with Crippen LogP contribution in [0.2, 0.25) is 0 Å². The number of ether oxygens (including phenoxy) is 1. The number of primary amides is 1. The summed E-state index contributed by atoms with van der Waals surface area (Å²) in [7, 11) is 0. The molecule has 1 aromatic rings. The molecule has 1 heterocycles. The predicted molar refractivity (Wildman–Crippen MR) is 52.0 cm³/mol. The maximum absolute atomic E-state index is 11.0. The van der Waals surface area contributed by atoms with Crippen LogP contribution in [0, 0.1) is 6.07 Å². The summed E-state index contributed by atoms with van der Waals surface area (Å²) in [5, 5.41) is 3.03. The third-order valence-corrected chi connectivity index (χ3v) is 2.16. The van der Waals surface area contributed by atoms with Gasteiger partial charge < -0.3 is 15.8 Å². The summed E-state index contributed by atoms with van der Waals surface area (Å²) in [6.07, 6.45) is 0.587. The van der Waals surface area contributed by atoms with Crippen LogP contribution >= 0.6 is 0 Å². The highest BCUT2D eigenvalue weighted by molar-refractivity contribution is 5.83. The Morgan fingerprint density at radius 1 is 1.71 bits per heavy atom. The zero-order valence-electron chi connectivity index (χ0n) is 7.62. The molecule has 0 fully saturated rings. The molecule has 3 N–H and O–H groups in total. The third kappa shape index (κ3) is 1.64. The Balaban J connectivity index is 2.26. The Hall–Kier alpha value is -1.71. The van der Waals surface area contributed by atoms with Crippen LogP contribution in [0.5, 0.6) is 5.75 Å². The Labute approximate surface area is 82.1 Å². The second-order valence-corrected chi connectivity index (χ2v) is 3.16. The van der Waals surface area contributed by atoms with Crippen molar-refractivity contribution in [2.24, 2.45) is 5.73 Å². The number of amides is 1. The van der Waals surface area contributed by atoms with Crippen molar-refractivity contribution in [3.8, 4) is 5.75 Å². The molecule has 1 aromatic carbocycles. The van der Waals surface area contributed by atoms with Crippen molar-refractivity contribution in [2.45, 2.75) is 12.5 Å². The van der Waals surface area contributed by atoms with Gasteiger partial charge in [0.15, 0.2) is 0 Å². The Kier molecular flexibility index (Phi) is 2.26. The molecule has 14 heavy (non-hydrogen) atoms. The lowest BCUT2D eigenvalue weighted by molar-refractivity contribution is -0.118. The molecular weight excluding hydrogens is 180 g/mol. The van der Waals surface area contributed by atoms with Gasteiger partial charge in [0.2, 0.25) is 5.91 Å². The average molecular weight is 191 g/mol. The molecule has 0 aliphatic carbocycles. The normalized spacial score (nSPS) is 19.9. The van der Waals surface area contributed by atoms with Crippen molar-refractivity contribution in [3.05, 3.63) is 24.3 Å². The summed E-state index contributed by atoms with van der Waals surface area (Å²) in [6.45, 7) is 0.498. The Bertz CT molecular complexity index is 352. The molecule has 2 rings (SSSR count). The van der Waals surface area contributed by atoms with Crippen LogP contribution < -0.4 is 15.8 Å². The van der Waals surface area contributed by atoms with Gasteiger partial charge in [0.05, 0.1) is 12.3 Å². The fourth-order valence-electron chi connectivity index (χ4n) is 1.41. The van der Waals surface area contributed by atoms with E-state index in [1.54, 1.807) is 12.1 Å². The SMILES string of the molecule is NC(=O)C1CCOc2cc[c]cc2N1. The molecule has 1 unspecified atom stereocenters. The second kappa shape index (κ2) is 3.57. The molecule has 0 saturated carbocycles. The Morgan fingerprint density at radius 3 is 3.36 bits per heavy atom. The average Bonchev–Trinajstić information content (AvgIpc) is 2.39. The van der Waals surface area contributed by atoms with Crippen LogP contribution in [-0.2, 0) is 4.79 Å². The molecule has 0 saturated heterocycles. The first-order valence-electron chi connectivity index (χ1n) is 4.46. The van der Waals surface area contributed by atoms with Crippen molar-refractivity contribution in [1.82, 2.24) is 0 Å². The van der Waals surface area contributed by atoms with Crippen molar-refractivity contribution < 1.29 is 9.53 Å². The van der Waals surface area contributed by atoms with E-state index in [1.165, 1.54) is 0 Å². The molecule has 1 radical (unpaired) electrons. The minimum Gasteiger partial charge on any atom is -0.491 e. The highest BCUT2D eigenvalue weighted by Crippen LogP contribution is 2.27. The minimum absolute atomic E-state index is 0.355. The van der Waals surface area contributed by atoms with E-state index in [-0.39, 0.29) is 11.9 Å². The first kappa shape index (κ1) is 8.87. The lowest BCUT2D eigenvalue weighted by Gasteiger charge is -2.12. The van der Waals surface area contributed by atoms with Crippen LogP contribution in [0.4, 0.5) is 5.69 Å². The number of anilines is 1. The first-order valence-corrected chi connectivity index (χ1v) is 4.46. The highest BCUT2D eigenvalue weighted by Gasteiger charge is 2.19. The molecule has 4 nitrogen and oxygen atoms in total. The number of nitrogens with two attached hydrogens (primary N) is 1. The lowest BCUT2D eigenvalue weighted by Crippen LogP contribution is -2.35. The van der Waals surface area contributed by atoms with Gasteiger partial charge in [-0.15, -0.1) is 0 Å². The quantitative estimate of drug-likeness (QED) is 0.680. The molecule has 1 atom stereocenters. The maximum Gasteiger partial charge on any atom is 0.240 e. The minimum atomic E-state index is -0.356. The maximum atomic E-state index is 11.0. The van der Waals surface area contributed by atoms with Gasteiger partial charge >= 0.3 is 0 Å². The van der Waals surface area contributed by atoms with Crippen molar-refractivity contribution in [1.29, 1.82) is 0 Å². The topological polar surface area (TPSA) is 64.4 Å². The first-order chi connectivity index (χ1) is 6.77. The zero-order chi connectivity index (χ0) is 9.97. The number of hydrogen-bond acceptors (Lipinski definition) is 3. The number of nitrogens with one attached hydrogen (secondary N) is 1. The summed E-state index contributed by atoms with van der Waals surface area (Å²) in [5.41, 5.74) is 6.00. The predicted octanol–water partition coefficient (Wildman–Crippen LogP) is 0.535. The number of fused-ring (bicyclic) bond motifs is 1. The number of carbonyl (C=O) groups is 1. The number of hydrogen-bond donors (Lipinski definition) is 2. The summed E-state index contributed by atoms with van der Waals surface area (Å²) >= 11 is 0. The van der Waals surface area contributed by atoms with E-state index in [0.29, 0.717) is 13.0 Å². The number of rotatable bonds is 1. The second-order valence-electron chi connectivity index (χ2n) is 3.16. The Morgan fingerprint density at radius 2 is 2.57 bits per heavy atom. The fraction of sp³-hybridized carbons (Fsp3) is 0.300. The van der Waals surface area contributed by atoms with Gasteiger partial charge in [-0.2, -0.15) is 0 Å². The van der Waals surface area contributed by atoms with Crippen molar-refractivity contribution in [2.75, 3.05) is 11.9 Å². The lowest BCUT2D eigenvalue weighted by atomic mass is 10.2. The molecule has 1 amide bonds. The van der Waals surface area contributed by atoms with Crippen molar-refractivity contribution in [3.63, 3.8) is 0 Å². The van der Waals surface area contributed by atoms with Gasteiger partial charge in [-0.25, -0.2) is 0 Å². The van der Waals surface area contributed by atoms with E-state index >= 15 is 0 Å². The standard InChI is InChI=1S/C10H11N2O2/c11-10(13)8-5-6-14-9-4-2-1-3-7(9)12-8/h2-4,8,12H,5-6H2,(H2,11,13).